The summed E-state index contributed by atoms with van der Waals surface area (Å²) in [5, 5.41) is 9.22. The molecule has 0 N–H and O–H groups in total. The Bertz CT molecular complexity index is 1270. The molecule has 0 spiro atoms. The molecule has 0 radical (unpaired) electrons. The molecule has 4 nitrogen and oxygen atoms in total. The lowest BCUT2D eigenvalue weighted by Crippen LogP contribution is -2.21. The number of rotatable bonds is 4. The number of pyridine rings is 1. The van der Waals surface area contributed by atoms with Crippen LogP contribution in [0, 0.1) is 18.3 Å². The van der Waals surface area contributed by atoms with Crippen molar-refractivity contribution in [2.24, 2.45) is 0 Å². The SMILES string of the molecule is Cc1ccc(-c2nc3ccn(CC4CCCCCCO4)c3cc2-c2ccc(C#N)cc2)cc1. The van der Waals surface area contributed by atoms with E-state index in [1.54, 1.807) is 0 Å². The number of aromatic nitrogens is 2. The van der Waals surface area contributed by atoms with Crippen molar-refractivity contribution in [3.05, 3.63) is 78.0 Å². The summed E-state index contributed by atoms with van der Waals surface area (Å²) >= 11 is 0. The van der Waals surface area contributed by atoms with Crippen LogP contribution < -0.4 is 0 Å². The van der Waals surface area contributed by atoms with E-state index >= 15 is 0 Å². The molecule has 4 aromatic rings. The minimum atomic E-state index is 0.246. The zero-order valence-electron chi connectivity index (χ0n) is 19.1. The number of nitrogens with zero attached hydrogens (tertiary/aromatic N) is 3. The maximum Gasteiger partial charge on any atom is 0.0991 e. The predicted molar refractivity (Wildman–Crippen MR) is 133 cm³/mol. The molecular formula is C29H29N3O. The molecule has 4 heteroatoms. The van der Waals surface area contributed by atoms with Crippen LogP contribution in [-0.4, -0.2) is 22.3 Å². The quantitative estimate of drug-likeness (QED) is 0.350. The number of hydrogen-bond acceptors (Lipinski definition) is 3. The molecule has 1 aliphatic heterocycles. The van der Waals surface area contributed by atoms with Gasteiger partial charge in [-0.2, -0.15) is 5.26 Å². The molecule has 0 bridgehead atoms. The first-order valence-electron chi connectivity index (χ1n) is 11.9. The normalized spacial score (nSPS) is 16.8. The van der Waals surface area contributed by atoms with Gasteiger partial charge >= 0.3 is 0 Å². The van der Waals surface area contributed by atoms with E-state index in [9.17, 15) is 5.26 Å². The van der Waals surface area contributed by atoms with E-state index in [1.165, 1.54) is 24.8 Å². The highest BCUT2D eigenvalue weighted by atomic mass is 16.5. The van der Waals surface area contributed by atoms with Crippen LogP contribution in [0.5, 0.6) is 0 Å². The van der Waals surface area contributed by atoms with E-state index in [1.807, 2.05) is 24.3 Å². The van der Waals surface area contributed by atoms with E-state index in [0.717, 1.165) is 59.4 Å². The Labute approximate surface area is 195 Å². The Morgan fingerprint density at radius 1 is 0.970 bits per heavy atom. The van der Waals surface area contributed by atoms with Gasteiger partial charge in [0.2, 0.25) is 0 Å². The largest absolute Gasteiger partial charge is 0.376 e. The summed E-state index contributed by atoms with van der Waals surface area (Å²) in [6.07, 6.45) is 8.47. The van der Waals surface area contributed by atoms with Gasteiger partial charge < -0.3 is 9.30 Å². The lowest BCUT2D eigenvalue weighted by Gasteiger charge is -2.21. The Morgan fingerprint density at radius 2 is 1.73 bits per heavy atom. The van der Waals surface area contributed by atoms with Gasteiger partial charge in [0, 0.05) is 30.5 Å². The fourth-order valence-electron chi connectivity index (χ4n) is 4.67. The summed E-state index contributed by atoms with van der Waals surface area (Å²) in [5.41, 5.74) is 8.21. The van der Waals surface area contributed by atoms with E-state index in [0.29, 0.717) is 5.56 Å². The van der Waals surface area contributed by atoms with E-state index in [4.69, 9.17) is 9.72 Å². The Balaban J connectivity index is 1.58. The summed E-state index contributed by atoms with van der Waals surface area (Å²) in [4.78, 5) is 5.11. The summed E-state index contributed by atoms with van der Waals surface area (Å²) in [6.45, 7) is 3.80. The van der Waals surface area contributed by atoms with Crippen LogP contribution in [0.15, 0.2) is 66.9 Å². The number of hydrogen-bond donors (Lipinski definition) is 0. The van der Waals surface area contributed by atoms with Crippen LogP contribution >= 0.6 is 0 Å². The minimum absolute atomic E-state index is 0.246. The second-order valence-electron chi connectivity index (χ2n) is 9.01. The highest BCUT2D eigenvalue weighted by Gasteiger charge is 2.17. The van der Waals surface area contributed by atoms with Crippen molar-refractivity contribution in [2.75, 3.05) is 6.61 Å². The van der Waals surface area contributed by atoms with Crippen LogP contribution in [0.2, 0.25) is 0 Å². The van der Waals surface area contributed by atoms with Gasteiger partial charge in [0.1, 0.15) is 0 Å². The molecule has 2 aromatic heterocycles. The van der Waals surface area contributed by atoms with Crippen molar-refractivity contribution >= 4 is 11.0 Å². The lowest BCUT2D eigenvalue weighted by molar-refractivity contribution is 0.0254. The molecule has 1 atom stereocenters. The van der Waals surface area contributed by atoms with Gasteiger partial charge in [-0.25, -0.2) is 4.98 Å². The molecule has 0 aliphatic carbocycles. The molecule has 1 unspecified atom stereocenters. The molecular weight excluding hydrogens is 406 g/mol. The highest BCUT2D eigenvalue weighted by Crippen LogP contribution is 2.34. The van der Waals surface area contributed by atoms with Crippen molar-refractivity contribution < 1.29 is 4.74 Å². The fraction of sp³-hybridized carbons (Fsp3) is 0.310. The summed E-state index contributed by atoms with van der Waals surface area (Å²) in [5.74, 6) is 0. The first-order valence-corrected chi connectivity index (χ1v) is 11.9. The average Bonchev–Trinajstić information content (AvgIpc) is 3.22. The number of fused-ring (bicyclic) bond motifs is 1. The van der Waals surface area contributed by atoms with Crippen molar-refractivity contribution in [3.63, 3.8) is 0 Å². The summed E-state index contributed by atoms with van der Waals surface area (Å²) < 4.78 is 8.47. The Hall–Kier alpha value is -3.42. The van der Waals surface area contributed by atoms with Crippen molar-refractivity contribution in [3.8, 4) is 28.5 Å². The third-order valence-corrected chi connectivity index (χ3v) is 6.58. The molecule has 166 valence electrons. The monoisotopic (exact) mass is 435 g/mol. The van der Waals surface area contributed by atoms with Crippen LogP contribution in [0.25, 0.3) is 33.4 Å². The maximum absolute atomic E-state index is 9.22. The molecule has 1 fully saturated rings. The highest BCUT2D eigenvalue weighted by molar-refractivity contribution is 5.90. The van der Waals surface area contributed by atoms with Gasteiger partial charge in [-0.15, -0.1) is 0 Å². The second-order valence-corrected chi connectivity index (χ2v) is 9.01. The lowest BCUT2D eigenvalue weighted by atomic mass is 9.97. The van der Waals surface area contributed by atoms with Gasteiger partial charge in [0.25, 0.3) is 0 Å². The van der Waals surface area contributed by atoms with Gasteiger partial charge in [0.05, 0.1) is 34.5 Å². The van der Waals surface area contributed by atoms with Crippen molar-refractivity contribution in [1.29, 1.82) is 5.26 Å². The average molecular weight is 436 g/mol. The summed E-state index contributed by atoms with van der Waals surface area (Å²) in [7, 11) is 0. The van der Waals surface area contributed by atoms with Crippen LogP contribution in [0.1, 0.15) is 43.2 Å². The number of aryl methyl sites for hydroxylation is 1. The van der Waals surface area contributed by atoms with Gasteiger partial charge in [-0.1, -0.05) is 61.2 Å². The zero-order chi connectivity index (χ0) is 22.6. The third-order valence-electron chi connectivity index (χ3n) is 6.58. The standard InChI is InChI=1S/C29H29N3O/c1-21-7-11-24(12-8-21)29-26(23-13-9-22(19-30)10-14-23)18-28-27(31-29)15-16-32(28)20-25-6-4-2-3-5-17-33-25/h7-16,18,25H,2-6,17,20H2,1H3. The minimum Gasteiger partial charge on any atom is -0.376 e. The molecule has 33 heavy (non-hydrogen) atoms. The first kappa shape index (κ1) is 21.4. The van der Waals surface area contributed by atoms with E-state index in [-0.39, 0.29) is 6.10 Å². The predicted octanol–water partition coefficient (Wildman–Crippen LogP) is 6.90. The van der Waals surface area contributed by atoms with E-state index in [2.05, 4.69) is 60.2 Å². The molecule has 0 amide bonds. The number of ether oxygens (including phenoxy) is 1. The second kappa shape index (κ2) is 9.60. The Morgan fingerprint density at radius 3 is 2.52 bits per heavy atom. The van der Waals surface area contributed by atoms with Gasteiger partial charge in [0.15, 0.2) is 0 Å². The molecule has 0 saturated carbocycles. The third kappa shape index (κ3) is 4.69. The Kier molecular flexibility index (Phi) is 6.24. The fourth-order valence-corrected chi connectivity index (χ4v) is 4.67. The maximum atomic E-state index is 9.22. The van der Waals surface area contributed by atoms with Crippen LogP contribution in [0.4, 0.5) is 0 Å². The van der Waals surface area contributed by atoms with Crippen molar-refractivity contribution in [1.82, 2.24) is 9.55 Å². The number of nitriles is 1. The molecule has 5 rings (SSSR count). The molecule has 2 aromatic carbocycles. The van der Waals surface area contributed by atoms with Crippen molar-refractivity contribution in [2.45, 2.75) is 51.7 Å². The topological polar surface area (TPSA) is 50.8 Å². The number of benzene rings is 2. The summed E-state index contributed by atoms with van der Waals surface area (Å²) in [6, 6.07) is 22.9. The first-order chi connectivity index (χ1) is 16.2. The smallest absolute Gasteiger partial charge is 0.0991 e. The molecule has 1 aliphatic rings. The zero-order valence-corrected chi connectivity index (χ0v) is 19.1. The van der Waals surface area contributed by atoms with E-state index < -0.39 is 0 Å². The van der Waals surface area contributed by atoms with Crippen LogP contribution in [-0.2, 0) is 11.3 Å². The van der Waals surface area contributed by atoms with Gasteiger partial charge in [-0.05, 0) is 49.6 Å². The molecule has 1 saturated heterocycles. The molecule has 3 heterocycles. The van der Waals surface area contributed by atoms with Gasteiger partial charge in [-0.3, -0.25) is 0 Å². The van der Waals surface area contributed by atoms with Crippen LogP contribution in [0.3, 0.4) is 0 Å².